The molecule has 1 N–H and O–H groups in total. The van der Waals surface area contributed by atoms with Gasteiger partial charge < -0.3 is 26.4 Å². The van der Waals surface area contributed by atoms with E-state index in [0.29, 0.717) is 47.8 Å². The second-order valence-corrected chi connectivity index (χ2v) is 11.9. The molecule has 6 heteroatoms. The first-order valence-corrected chi connectivity index (χ1v) is 15.0. The molecule has 8 unspecified atom stereocenters. The monoisotopic (exact) mass is 531 g/mol. The Hall–Kier alpha value is 0.306. The third-order valence-corrected chi connectivity index (χ3v) is 9.77. The molecule has 0 aromatic rings. The Bertz CT molecular complexity index is 423. The van der Waals surface area contributed by atoms with Gasteiger partial charge in [-0.2, -0.15) is 0 Å². The molecule has 0 bridgehead atoms. The van der Waals surface area contributed by atoms with Gasteiger partial charge in [0.15, 0.2) is 0 Å². The Morgan fingerprint density at radius 3 is 0.800 bits per heavy atom. The predicted molar refractivity (Wildman–Crippen MR) is 144 cm³/mol. The van der Waals surface area contributed by atoms with Crippen LogP contribution in [0.15, 0.2) is 0 Å². The fraction of sp³-hybridized carbons (Fsp3) is 1.00. The summed E-state index contributed by atoms with van der Waals surface area (Å²) in [6.07, 6.45) is 21.7. The molecule has 0 amide bonds. The Morgan fingerprint density at radius 2 is 0.571 bits per heavy atom. The molecule has 0 radical (unpaired) electrons. The van der Waals surface area contributed by atoms with Gasteiger partial charge >= 0.3 is 16.8 Å². The van der Waals surface area contributed by atoms with Crippen LogP contribution in [-0.4, -0.2) is 62.6 Å². The van der Waals surface area contributed by atoms with E-state index in [1.165, 1.54) is 103 Å². The molecule has 1 saturated heterocycles. The number of aliphatic hydroxyl groups is 1. The summed E-state index contributed by atoms with van der Waals surface area (Å²) in [4.78, 5) is 0. The summed E-state index contributed by atoms with van der Waals surface area (Å²) in [6, 6.07) is 2.27. The molecule has 0 aromatic carbocycles. The van der Waals surface area contributed by atoms with E-state index in [-0.39, 0.29) is 16.8 Å². The molecule has 1 heterocycles. The van der Waals surface area contributed by atoms with Crippen LogP contribution in [0.25, 0.3) is 21.3 Å². The normalized spacial score (nSPS) is 41.3. The van der Waals surface area contributed by atoms with Crippen LogP contribution in [0.3, 0.4) is 0 Å². The summed E-state index contributed by atoms with van der Waals surface area (Å²) in [5.74, 6) is 2.83. The predicted octanol–water partition coefficient (Wildman–Crippen LogP) is 7.34. The van der Waals surface area contributed by atoms with Gasteiger partial charge in [-0.05, 0) is 0 Å². The van der Waals surface area contributed by atoms with Gasteiger partial charge in [-0.3, -0.25) is 0 Å². The van der Waals surface area contributed by atoms with E-state index in [2.05, 4.69) is 0 Å². The van der Waals surface area contributed by atoms with Crippen molar-refractivity contribution in [1.29, 1.82) is 0 Å². The van der Waals surface area contributed by atoms with E-state index < -0.39 is 0 Å². The molecule has 1 aliphatic heterocycles. The topological polar surface area (TPSA) is 76.6 Å². The average Bonchev–Trinajstić information content (AvgIpc) is 2.91. The number of fused-ring (bicyclic) bond motifs is 4. The van der Waals surface area contributed by atoms with Crippen LogP contribution in [0.2, 0.25) is 0 Å². The maximum Gasteiger partial charge on any atom is 3.00 e. The Balaban J connectivity index is 0.00000111. The third kappa shape index (κ3) is 8.66. The molecule has 8 atom stereocenters. The molecule has 204 valence electrons. The van der Waals surface area contributed by atoms with Crippen molar-refractivity contribution in [3.63, 3.8) is 0 Å². The van der Waals surface area contributed by atoms with E-state index in [0.717, 1.165) is 33.3 Å². The van der Waals surface area contributed by atoms with E-state index in [4.69, 9.17) is 26.4 Å². The Kier molecular flexibility index (Phi) is 13.9. The van der Waals surface area contributed by atoms with Crippen molar-refractivity contribution in [2.45, 2.75) is 127 Å². The first kappa shape index (κ1) is 29.9. The number of aliphatic hydroxyl groups excluding tert-OH is 1. The number of rotatable bonds is 0. The summed E-state index contributed by atoms with van der Waals surface area (Å²) in [7, 11) is 1.00. The molecule has 4 saturated carbocycles. The van der Waals surface area contributed by atoms with Gasteiger partial charge in [0.1, 0.15) is 0 Å². The molecule has 35 heavy (non-hydrogen) atoms. The van der Waals surface area contributed by atoms with Gasteiger partial charge in [0.25, 0.3) is 0 Å². The van der Waals surface area contributed by atoms with Crippen LogP contribution in [0, 0.1) is 23.7 Å². The van der Waals surface area contributed by atoms with E-state index in [1.54, 1.807) is 0 Å². The van der Waals surface area contributed by atoms with Crippen molar-refractivity contribution >= 4 is 0 Å². The molecular weight excluding hydrogens is 479 g/mol. The van der Waals surface area contributed by atoms with Gasteiger partial charge in [0, 0.05) is 7.11 Å². The second-order valence-electron chi connectivity index (χ2n) is 11.9. The van der Waals surface area contributed by atoms with Crippen molar-refractivity contribution in [2.24, 2.45) is 23.7 Å². The van der Waals surface area contributed by atoms with E-state index in [9.17, 15) is 0 Å². The van der Waals surface area contributed by atoms with Gasteiger partial charge in [-0.25, -0.2) is 0 Å². The summed E-state index contributed by atoms with van der Waals surface area (Å²) < 4.78 is 0. The molecule has 5 rings (SSSR count). The van der Waals surface area contributed by atoms with Crippen LogP contribution in [-0.2, 0) is 16.8 Å². The summed E-state index contributed by atoms with van der Waals surface area (Å²) in [6.45, 7) is 4.28. The SMILES string of the molecule is C1CCC2[N-]CC3CCCCC3[N-]CC3CCCCC3[N-]CC3CCCCC3[N-]CC2C1.CO.[Co+3]. The Labute approximate surface area is 226 Å². The molecule has 0 aromatic heterocycles. The van der Waals surface area contributed by atoms with E-state index >= 15 is 0 Å². The molecule has 0 spiro atoms. The quantitative estimate of drug-likeness (QED) is 0.349. The van der Waals surface area contributed by atoms with Gasteiger partial charge in [0.2, 0.25) is 0 Å². The maximum atomic E-state index is 7.00. The van der Waals surface area contributed by atoms with Gasteiger partial charge in [-0.1, -0.05) is 126 Å². The first-order chi connectivity index (χ1) is 16.9. The fourth-order valence-corrected chi connectivity index (χ4v) is 7.65. The van der Waals surface area contributed by atoms with Crippen molar-refractivity contribution in [3.8, 4) is 0 Å². The van der Waals surface area contributed by atoms with Crippen molar-refractivity contribution < 1.29 is 21.9 Å². The average molecular weight is 532 g/mol. The van der Waals surface area contributed by atoms with Crippen LogP contribution in [0.1, 0.15) is 103 Å². The second kappa shape index (κ2) is 16.3. The van der Waals surface area contributed by atoms with Gasteiger partial charge in [-0.15, -0.1) is 50.3 Å². The summed E-state index contributed by atoms with van der Waals surface area (Å²) >= 11 is 0. The van der Waals surface area contributed by atoms with Crippen LogP contribution < -0.4 is 0 Å². The third-order valence-electron chi connectivity index (χ3n) is 9.77. The van der Waals surface area contributed by atoms with Crippen LogP contribution in [0.5, 0.6) is 0 Å². The van der Waals surface area contributed by atoms with Crippen molar-refractivity contribution in [2.75, 3.05) is 33.3 Å². The minimum absolute atomic E-state index is 0. The zero-order chi connectivity index (χ0) is 23.6. The van der Waals surface area contributed by atoms with Crippen molar-refractivity contribution in [3.05, 3.63) is 21.3 Å². The largest absolute Gasteiger partial charge is 3.00 e. The molecule has 4 aliphatic carbocycles. The van der Waals surface area contributed by atoms with E-state index in [1.807, 2.05) is 0 Å². The molecular formula is C29H52CoN4O-. The van der Waals surface area contributed by atoms with Gasteiger partial charge in [0.05, 0.1) is 0 Å². The molecule has 5 fully saturated rings. The van der Waals surface area contributed by atoms with Crippen LogP contribution in [0.4, 0.5) is 0 Å². The first-order valence-electron chi connectivity index (χ1n) is 15.0. The zero-order valence-electron chi connectivity index (χ0n) is 22.3. The number of hydrogen-bond donors (Lipinski definition) is 1. The summed E-state index contributed by atoms with van der Waals surface area (Å²) in [5, 5.41) is 28.6. The van der Waals surface area contributed by atoms with Crippen LogP contribution >= 0.6 is 0 Å². The molecule has 5 nitrogen and oxygen atoms in total. The molecule has 5 aliphatic rings. The Morgan fingerprint density at radius 1 is 0.371 bits per heavy atom. The number of hydrogen-bond acceptors (Lipinski definition) is 1. The smallest absolute Gasteiger partial charge is 0.659 e. The minimum atomic E-state index is 0. The maximum absolute atomic E-state index is 7.00. The summed E-state index contributed by atoms with van der Waals surface area (Å²) in [5.41, 5.74) is 0. The zero-order valence-corrected chi connectivity index (χ0v) is 23.4. The standard InChI is InChI=1S/C28H48N4.CH4O.Co/c1-5-13-25-21(9-1)17-29-26-14-6-2-11-23(26)19-31-28-16-8-4-12-24(28)20-32-27-15-7-3-10-22(27)18-30-25;1-2;/h21-28H,1-20H2;2H,1H3;/q-4;;+3. The minimum Gasteiger partial charge on any atom is -0.659 e. The van der Waals surface area contributed by atoms with Crippen molar-refractivity contribution in [1.82, 2.24) is 0 Å². The fourth-order valence-electron chi connectivity index (χ4n) is 7.65. The number of nitrogens with zero attached hydrogens (tertiary/aromatic N) is 4.